The lowest BCUT2D eigenvalue weighted by Crippen LogP contribution is -2.05. The molecule has 0 aromatic heterocycles. The molecule has 0 amide bonds. The third kappa shape index (κ3) is 3.76. The highest BCUT2D eigenvalue weighted by Gasteiger charge is 2.30. The zero-order chi connectivity index (χ0) is 17.2. The van der Waals surface area contributed by atoms with Gasteiger partial charge in [0.15, 0.2) is 0 Å². The normalized spacial score (nSPS) is 11.1. The van der Waals surface area contributed by atoms with Crippen LogP contribution in [-0.4, -0.2) is 16.2 Å². The van der Waals surface area contributed by atoms with Crippen molar-refractivity contribution in [2.75, 3.05) is 0 Å². The van der Waals surface area contributed by atoms with Gasteiger partial charge in [0.25, 0.3) is 0 Å². The predicted octanol–water partition coefficient (Wildman–Crippen LogP) is 4.34. The lowest BCUT2D eigenvalue weighted by Gasteiger charge is -2.08. The Morgan fingerprint density at radius 1 is 1.09 bits per heavy atom. The van der Waals surface area contributed by atoms with Crippen LogP contribution in [0.25, 0.3) is 11.1 Å². The van der Waals surface area contributed by atoms with Crippen molar-refractivity contribution in [3.05, 3.63) is 58.1 Å². The maximum Gasteiger partial charge on any atom is 0.511 e. The molecular formula is C14H8F3NO5. The fourth-order valence-corrected chi connectivity index (χ4v) is 1.87. The Kier molecular flexibility index (Phi) is 4.21. The highest BCUT2D eigenvalue weighted by atomic mass is 19.4. The number of rotatable bonds is 3. The van der Waals surface area contributed by atoms with Crippen molar-refractivity contribution in [3.63, 3.8) is 0 Å². The van der Waals surface area contributed by atoms with Crippen LogP contribution in [0, 0.1) is 10.1 Å². The second-order valence-corrected chi connectivity index (χ2v) is 4.38. The Hall–Kier alpha value is -3.10. The Labute approximate surface area is 126 Å². The molecule has 2 aromatic rings. The van der Waals surface area contributed by atoms with Gasteiger partial charge in [0.2, 0.25) is 5.75 Å². The van der Waals surface area contributed by atoms with E-state index in [1.54, 1.807) is 0 Å². The lowest BCUT2D eigenvalue weighted by molar-refractivity contribution is -0.385. The van der Waals surface area contributed by atoms with E-state index in [2.05, 4.69) is 4.74 Å². The molecule has 23 heavy (non-hydrogen) atoms. The second kappa shape index (κ2) is 5.95. The molecule has 0 bridgehead atoms. The number of ether oxygens (including phenoxy) is 1. The number of benzene rings is 2. The van der Waals surface area contributed by atoms with E-state index in [0.717, 1.165) is 24.3 Å². The third-order valence-corrected chi connectivity index (χ3v) is 2.90. The van der Waals surface area contributed by atoms with Crippen LogP contribution in [0.3, 0.4) is 0 Å². The first-order valence-corrected chi connectivity index (χ1v) is 6.05. The van der Waals surface area contributed by atoms with E-state index in [9.17, 15) is 28.1 Å². The number of nitro benzene ring substituents is 1. The molecule has 120 valence electrons. The number of carboxylic acid groups (broad SMARTS) is 1. The van der Waals surface area contributed by atoms with Gasteiger partial charge >= 0.3 is 18.0 Å². The first-order chi connectivity index (χ1) is 10.7. The minimum atomic E-state index is -4.48. The van der Waals surface area contributed by atoms with Gasteiger partial charge in [-0.1, -0.05) is 18.2 Å². The quantitative estimate of drug-likeness (QED) is 0.392. The first-order valence-electron chi connectivity index (χ1n) is 6.05. The smallest absolute Gasteiger partial charge is 0.449 e. The van der Waals surface area contributed by atoms with Crippen LogP contribution in [0.15, 0.2) is 42.5 Å². The average Bonchev–Trinajstić information content (AvgIpc) is 2.46. The molecule has 2 rings (SSSR count). The monoisotopic (exact) mass is 327 g/mol. The third-order valence-electron chi connectivity index (χ3n) is 2.90. The van der Waals surface area contributed by atoms with Crippen molar-refractivity contribution in [1.29, 1.82) is 0 Å². The molecule has 0 radical (unpaired) electrons. The number of hydrogen-bond acceptors (Lipinski definition) is 4. The van der Waals surface area contributed by atoms with Crippen LogP contribution in [-0.2, 0) is 6.18 Å². The van der Waals surface area contributed by atoms with Crippen LogP contribution in [0.4, 0.5) is 23.7 Å². The molecule has 0 heterocycles. The summed E-state index contributed by atoms with van der Waals surface area (Å²) in [4.78, 5) is 20.6. The highest BCUT2D eigenvalue weighted by molar-refractivity contribution is 5.71. The van der Waals surface area contributed by atoms with Crippen molar-refractivity contribution in [2.24, 2.45) is 0 Å². The molecule has 0 saturated carbocycles. The fraction of sp³-hybridized carbons (Fsp3) is 0.0714. The van der Waals surface area contributed by atoms with Crippen LogP contribution in [0.2, 0.25) is 0 Å². The zero-order valence-corrected chi connectivity index (χ0v) is 11.2. The summed E-state index contributed by atoms with van der Waals surface area (Å²) in [5, 5.41) is 19.5. The summed E-state index contributed by atoms with van der Waals surface area (Å²) in [5.74, 6) is -0.474. The number of nitrogens with zero attached hydrogens (tertiary/aromatic N) is 1. The highest BCUT2D eigenvalue weighted by Crippen LogP contribution is 2.34. The van der Waals surface area contributed by atoms with Crippen molar-refractivity contribution in [3.8, 4) is 16.9 Å². The summed E-state index contributed by atoms with van der Waals surface area (Å²) in [6.45, 7) is 0. The van der Waals surface area contributed by atoms with Crippen molar-refractivity contribution < 1.29 is 32.7 Å². The van der Waals surface area contributed by atoms with E-state index < -0.39 is 34.3 Å². The summed E-state index contributed by atoms with van der Waals surface area (Å²) in [7, 11) is 0. The molecule has 9 heteroatoms. The van der Waals surface area contributed by atoms with E-state index in [1.807, 2.05) is 0 Å². The number of carbonyl (C=O) groups is 1. The van der Waals surface area contributed by atoms with Gasteiger partial charge in [0.05, 0.1) is 10.5 Å². The Morgan fingerprint density at radius 3 is 2.13 bits per heavy atom. The van der Waals surface area contributed by atoms with Gasteiger partial charge in [0.1, 0.15) is 0 Å². The number of alkyl halides is 3. The maximum absolute atomic E-state index is 12.5. The topological polar surface area (TPSA) is 89.7 Å². The van der Waals surface area contributed by atoms with Crippen LogP contribution in [0.1, 0.15) is 5.56 Å². The van der Waals surface area contributed by atoms with Gasteiger partial charge < -0.3 is 9.84 Å². The molecular weight excluding hydrogens is 319 g/mol. The zero-order valence-electron chi connectivity index (χ0n) is 11.2. The summed E-state index contributed by atoms with van der Waals surface area (Å²) in [6, 6.07) is 7.44. The van der Waals surface area contributed by atoms with E-state index in [-0.39, 0.29) is 5.56 Å². The van der Waals surface area contributed by atoms with E-state index in [0.29, 0.717) is 5.56 Å². The number of nitro groups is 1. The molecule has 0 aliphatic rings. The van der Waals surface area contributed by atoms with Gasteiger partial charge in [-0.2, -0.15) is 13.2 Å². The van der Waals surface area contributed by atoms with Gasteiger partial charge in [-0.3, -0.25) is 10.1 Å². The van der Waals surface area contributed by atoms with Gasteiger partial charge in [0, 0.05) is 6.07 Å². The minimum absolute atomic E-state index is 0.253. The fourth-order valence-electron chi connectivity index (χ4n) is 1.87. The molecule has 0 atom stereocenters. The standard InChI is InChI=1S/C14H8F3NO5/c15-14(16,17)10-4-1-8(2-5-10)9-3-6-12(23-13(19)20)11(7-9)18(21)22/h1-7H,(H,19,20). The van der Waals surface area contributed by atoms with Crippen LogP contribution < -0.4 is 4.74 Å². The second-order valence-electron chi connectivity index (χ2n) is 4.38. The Balaban J connectivity index is 2.42. The summed E-state index contributed by atoms with van der Waals surface area (Å²) < 4.78 is 41.8. The minimum Gasteiger partial charge on any atom is -0.449 e. The molecule has 1 N–H and O–H groups in total. The number of halogens is 3. The lowest BCUT2D eigenvalue weighted by atomic mass is 10.0. The molecule has 2 aromatic carbocycles. The first kappa shape index (κ1) is 16.3. The molecule has 0 unspecified atom stereocenters. The van der Waals surface area contributed by atoms with E-state index in [4.69, 9.17) is 5.11 Å². The molecule has 6 nitrogen and oxygen atoms in total. The molecule has 0 aliphatic carbocycles. The molecule has 0 aliphatic heterocycles. The SMILES string of the molecule is O=C(O)Oc1ccc(-c2ccc(C(F)(F)F)cc2)cc1[N+](=O)[O-]. The molecule has 0 saturated heterocycles. The Morgan fingerprint density at radius 2 is 1.65 bits per heavy atom. The van der Waals surface area contributed by atoms with E-state index >= 15 is 0 Å². The maximum atomic E-state index is 12.5. The average molecular weight is 327 g/mol. The van der Waals surface area contributed by atoms with Crippen molar-refractivity contribution >= 4 is 11.8 Å². The summed E-state index contributed by atoms with van der Waals surface area (Å²) >= 11 is 0. The summed E-state index contributed by atoms with van der Waals surface area (Å²) in [5.41, 5.74) is -0.891. The van der Waals surface area contributed by atoms with Crippen LogP contribution >= 0.6 is 0 Å². The van der Waals surface area contributed by atoms with E-state index in [1.165, 1.54) is 18.2 Å². The number of hydrogen-bond donors (Lipinski definition) is 1. The van der Waals surface area contributed by atoms with Gasteiger partial charge in [-0.15, -0.1) is 0 Å². The summed E-state index contributed by atoms with van der Waals surface area (Å²) in [6.07, 6.45) is -6.20. The largest absolute Gasteiger partial charge is 0.511 e. The Bertz CT molecular complexity index is 756. The predicted molar refractivity (Wildman–Crippen MR) is 72.2 cm³/mol. The van der Waals surface area contributed by atoms with Gasteiger partial charge in [-0.25, -0.2) is 4.79 Å². The van der Waals surface area contributed by atoms with Gasteiger partial charge in [-0.05, 0) is 29.3 Å². The van der Waals surface area contributed by atoms with Crippen LogP contribution in [0.5, 0.6) is 5.75 Å². The molecule has 0 fully saturated rings. The van der Waals surface area contributed by atoms with Crippen molar-refractivity contribution in [2.45, 2.75) is 6.18 Å². The van der Waals surface area contributed by atoms with Crippen molar-refractivity contribution in [1.82, 2.24) is 0 Å². The molecule has 0 spiro atoms.